The van der Waals surface area contributed by atoms with Crippen LogP contribution in [-0.2, 0) is 0 Å². The Balaban J connectivity index is 2.13. The van der Waals surface area contributed by atoms with Gasteiger partial charge >= 0.3 is 0 Å². The Hall–Kier alpha value is -2.40. The van der Waals surface area contributed by atoms with Crippen LogP contribution in [0.2, 0.25) is 0 Å². The van der Waals surface area contributed by atoms with E-state index in [9.17, 15) is 9.65 Å². The van der Waals surface area contributed by atoms with Crippen molar-refractivity contribution in [1.29, 1.82) is 5.26 Å². The van der Waals surface area contributed by atoms with Crippen molar-refractivity contribution in [1.82, 2.24) is 14.8 Å². The highest BCUT2D eigenvalue weighted by atomic mass is 79.9. The molecule has 2 aromatic rings. The van der Waals surface area contributed by atoms with E-state index < -0.39 is 6.04 Å². The molecule has 3 rings (SSSR count). The molecule has 1 unspecified atom stereocenters. The molecule has 0 fully saturated rings. The number of nitrogens with one attached hydrogen (secondary N) is 1. The molecule has 20 heavy (non-hydrogen) atoms. The van der Waals surface area contributed by atoms with E-state index in [2.05, 4.69) is 37.4 Å². The first kappa shape index (κ1) is 12.6. The molecule has 0 radical (unpaired) electrons. The summed E-state index contributed by atoms with van der Waals surface area (Å²) < 4.78 is 15.0. The number of aromatic nitrogens is 3. The van der Waals surface area contributed by atoms with Crippen LogP contribution in [0.3, 0.4) is 0 Å². The molecule has 0 bridgehead atoms. The molecular formula is C12H8BrFN6. The molecule has 2 heterocycles. The number of benzene rings is 1. The van der Waals surface area contributed by atoms with E-state index in [1.54, 1.807) is 12.1 Å². The van der Waals surface area contributed by atoms with Gasteiger partial charge in [0.05, 0.1) is 16.1 Å². The molecule has 3 N–H and O–H groups in total. The van der Waals surface area contributed by atoms with Crippen molar-refractivity contribution in [3.05, 3.63) is 46.0 Å². The van der Waals surface area contributed by atoms with Gasteiger partial charge in [-0.3, -0.25) is 0 Å². The van der Waals surface area contributed by atoms with Crippen molar-refractivity contribution in [3.8, 4) is 6.07 Å². The van der Waals surface area contributed by atoms with Gasteiger partial charge in [-0.25, -0.2) is 4.39 Å². The zero-order valence-electron chi connectivity index (χ0n) is 10.0. The number of nitrogens with two attached hydrogens (primary N) is 1. The van der Waals surface area contributed by atoms with E-state index in [0.29, 0.717) is 21.6 Å². The summed E-state index contributed by atoms with van der Waals surface area (Å²) >= 11 is 3.13. The average Bonchev–Trinajstić information content (AvgIpc) is 2.90. The number of hydrogen-bond donors (Lipinski definition) is 2. The summed E-state index contributed by atoms with van der Waals surface area (Å²) in [5.74, 6) is 0.277. The van der Waals surface area contributed by atoms with Crippen LogP contribution in [0.1, 0.15) is 11.6 Å². The van der Waals surface area contributed by atoms with Crippen LogP contribution in [0.15, 0.2) is 34.6 Å². The average molecular weight is 335 g/mol. The summed E-state index contributed by atoms with van der Waals surface area (Å²) in [5, 5.41) is 16.3. The Morgan fingerprint density at radius 2 is 2.30 bits per heavy atom. The third-order valence-electron chi connectivity index (χ3n) is 3.01. The van der Waals surface area contributed by atoms with Gasteiger partial charge in [-0.05, 0) is 33.6 Å². The minimum Gasteiger partial charge on any atom is -0.383 e. The van der Waals surface area contributed by atoms with Crippen molar-refractivity contribution in [2.24, 2.45) is 5.73 Å². The lowest BCUT2D eigenvalue weighted by Crippen LogP contribution is -2.27. The Morgan fingerprint density at radius 3 is 3.00 bits per heavy atom. The van der Waals surface area contributed by atoms with Gasteiger partial charge in [0.2, 0.25) is 5.95 Å². The topological polar surface area (TPSA) is 92.5 Å². The lowest BCUT2D eigenvalue weighted by molar-refractivity contribution is 0.619. The molecule has 0 aliphatic carbocycles. The van der Waals surface area contributed by atoms with Gasteiger partial charge in [0.25, 0.3) is 0 Å². The van der Waals surface area contributed by atoms with Crippen LogP contribution in [0.5, 0.6) is 0 Å². The van der Waals surface area contributed by atoms with Crippen LogP contribution in [-0.4, -0.2) is 14.8 Å². The number of nitriles is 1. The van der Waals surface area contributed by atoms with E-state index in [-0.39, 0.29) is 11.6 Å². The van der Waals surface area contributed by atoms with Crippen molar-refractivity contribution in [3.63, 3.8) is 0 Å². The number of nitrogens with zero attached hydrogens (tertiary/aromatic N) is 4. The Morgan fingerprint density at radius 1 is 1.50 bits per heavy atom. The summed E-state index contributed by atoms with van der Waals surface area (Å²) in [6.07, 6.45) is 1.34. The summed E-state index contributed by atoms with van der Waals surface area (Å²) in [7, 11) is 0. The number of anilines is 1. The smallest absolute Gasteiger partial charge is 0.228 e. The molecule has 6 nitrogen and oxygen atoms in total. The lowest BCUT2D eigenvalue weighted by atomic mass is 9.98. The highest BCUT2D eigenvalue weighted by molar-refractivity contribution is 9.10. The van der Waals surface area contributed by atoms with Gasteiger partial charge in [0, 0.05) is 0 Å². The molecule has 100 valence electrons. The second kappa shape index (κ2) is 4.61. The molecule has 1 atom stereocenters. The predicted octanol–water partition coefficient (Wildman–Crippen LogP) is 2.00. The second-order valence-electron chi connectivity index (χ2n) is 4.16. The fourth-order valence-corrected chi connectivity index (χ4v) is 2.44. The minimum atomic E-state index is -0.492. The quantitative estimate of drug-likeness (QED) is 0.831. The Bertz CT molecular complexity index is 760. The van der Waals surface area contributed by atoms with Crippen molar-refractivity contribution in [2.75, 3.05) is 5.32 Å². The van der Waals surface area contributed by atoms with Crippen molar-refractivity contribution < 1.29 is 4.39 Å². The van der Waals surface area contributed by atoms with Gasteiger partial charge in [-0.15, -0.1) is 0 Å². The first-order chi connectivity index (χ1) is 9.61. The highest BCUT2D eigenvalue weighted by Crippen LogP contribution is 2.33. The van der Waals surface area contributed by atoms with E-state index in [4.69, 9.17) is 5.73 Å². The molecule has 1 aliphatic rings. The monoisotopic (exact) mass is 334 g/mol. The Labute approximate surface area is 121 Å². The van der Waals surface area contributed by atoms with E-state index in [1.807, 2.05) is 0 Å². The second-order valence-corrected chi connectivity index (χ2v) is 5.01. The minimum absolute atomic E-state index is 0.212. The molecule has 0 saturated heterocycles. The number of rotatable bonds is 1. The fourth-order valence-electron chi connectivity index (χ4n) is 2.04. The third kappa shape index (κ3) is 1.83. The van der Waals surface area contributed by atoms with Gasteiger partial charge in [-0.2, -0.15) is 20.0 Å². The van der Waals surface area contributed by atoms with Crippen LogP contribution in [0.25, 0.3) is 5.82 Å². The molecule has 1 aromatic heterocycles. The van der Waals surface area contributed by atoms with Crippen molar-refractivity contribution in [2.45, 2.75) is 6.04 Å². The lowest BCUT2D eigenvalue weighted by Gasteiger charge is -2.25. The van der Waals surface area contributed by atoms with Gasteiger partial charge < -0.3 is 11.1 Å². The molecule has 1 aliphatic heterocycles. The number of hydrogen-bond acceptors (Lipinski definition) is 5. The summed E-state index contributed by atoms with van der Waals surface area (Å²) in [4.78, 5) is 4.02. The van der Waals surface area contributed by atoms with Gasteiger partial charge in [0.15, 0.2) is 0 Å². The zero-order valence-corrected chi connectivity index (χ0v) is 11.6. The highest BCUT2D eigenvalue weighted by Gasteiger charge is 2.28. The number of fused-ring (bicyclic) bond motifs is 1. The maximum atomic E-state index is 13.3. The standard InChI is InChI=1S/C12H8BrFN6/c13-8-3-6(1-2-9(8)14)10-7(4-15)11(16)20-12(19-10)17-5-18-20/h1-3,5,10H,16H2,(H,17,18,19). The molecule has 1 aromatic carbocycles. The van der Waals surface area contributed by atoms with E-state index >= 15 is 0 Å². The number of halogens is 2. The first-order valence-corrected chi connectivity index (χ1v) is 6.42. The summed E-state index contributed by atoms with van der Waals surface area (Å²) in [5.41, 5.74) is 6.94. The van der Waals surface area contributed by atoms with E-state index in [0.717, 1.165) is 0 Å². The maximum absolute atomic E-state index is 13.3. The zero-order chi connectivity index (χ0) is 14.3. The van der Waals surface area contributed by atoms with E-state index in [1.165, 1.54) is 17.1 Å². The largest absolute Gasteiger partial charge is 0.383 e. The predicted molar refractivity (Wildman–Crippen MR) is 73.5 cm³/mol. The SMILES string of the molecule is N#CC1=C(N)n2ncnc2NC1c1ccc(F)c(Br)c1. The molecular weight excluding hydrogens is 327 g/mol. The first-order valence-electron chi connectivity index (χ1n) is 5.63. The van der Waals surface area contributed by atoms with Crippen molar-refractivity contribution >= 4 is 27.7 Å². The summed E-state index contributed by atoms with van der Waals surface area (Å²) in [6.45, 7) is 0. The molecule has 0 spiro atoms. The fraction of sp³-hybridized carbons (Fsp3) is 0.0833. The molecule has 0 amide bonds. The van der Waals surface area contributed by atoms with Crippen LogP contribution in [0.4, 0.5) is 10.3 Å². The molecule has 0 saturated carbocycles. The van der Waals surface area contributed by atoms with Gasteiger partial charge in [-0.1, -0.05) is 6.07 Å². The van der Waals surface area contributed by atoms with Crippen LogP contribution in [0, 0.1) is 17.1 Å². The third-order valence-corrected chi connectivity index (χ3v) is 3.62. The normalized spacial score (nSPS) is 17.4. The van der Waals surface area contributed by atoms with Gasteiger partial charge in [0.1, 0.15) is 24.0 Å². The van der Waals surface area contributed by atoms with Crippen LogP contribution >= 0.6 is 15.9 Å². The molecule has 8 heteroatoms. The Kier molecular flexibility index (Phi) is 2.91. The summed E-state index contributed by atoms with van der Waals surface area (Å²) in [6, 6.07) is 6.09. The van der Waals surface area contributed by atoms with Crippen LogP contribution < -0.4 is 11.1 Å². The maximum Gasteiger partial charge on any atom is 0.228 e.